The monoisotopic (exact) mass is 300 g/mol. The van der Waals surface area contributed by atoms with E-state index in [1.807, 2.05) is 56.0 Å². The quantitative estimate of drug-likeness (QED) is 0.427. The molecule has 0 spiro atoms. The lowest BCUT2D eigenvalue weighted by Crippen LogP contribution is -2.41. The zero-order chi connectivity index (χ0) is 16.2. The van der Waals surface area contributed by atoms with Gasteiger partial charge in [-0.2, -0.15) is 0 Å². The molecule has 0 radical (unpaired) electrons. The molecule has 22 heavy (non-hydrogen) atoms. The van der Waals surface area contributed by atoms with Crippen LogP contribution in [0, 0.1) is 5.92 Å². The molecule has 1 saturated carbocycles. The second-order valence-electron chi connectivity index (χ2n) is 5.81. The summed E-state index contributed by atoms with van der Waals surface area (Å²) in [6, 6.07) is 9.81. The summed E-state index contributed by atoms with van der Waals surface area (Å²) in [7, 11) is 0. The van der Waals surface area contributed by atoms with Gasteiger partial charge >= 0.3 is 0 Å². The highest BCUT2D eigenvalue weighted by Gasteiger charge is 2.63. The van der Waals surface area contributed by atoms with Crippen LogP contribution in [0.25, 0.3) is 10.4 Å². The van der Waals surface area contributed by atoms with Crippen molar-refractivity contribution in [2.24, 2.45) is 11.0 Å². The van der Waals surface area contributed by atoms with Crippen LogP contribution in [0.2, 0.25) is 0 Å². The number of azide groups is 1. The van der Waals surface area contributed by atoms with Gasteiger partial charge in [0.15, 0.2) is 0 Å². The van der Waals surface area contributed by atoms with Crippen LogP contribution < -0.4 is 0 Å². The minimum atomic E-state index is -0.512. The van der Waals surface area contributed by atoms with Crippen molar-refractivity contribution in [3.8, 4) is 0 Å². The molecule has 1 aliphatic rings. The van der Waals surface area contributed by atoms with Crippen molar-refractivity contribution in [1.82, 2.24) is 4.90 Å². The van der Waals surface area contributed by atoms with E-state index >= 15 is 0 Å². The zero-order valence-corrected chi connectivity index (χ0v) is 13.6. The molecule has 3 atom stereocenters. The Bertz CT molecular complexity index is 563. The largest absolute Gasteiger partial charge is 0.342 e. The van der Waals surface area contributed by atoms with Gasteiger partial charge in [0.2, 0.25) is 5.91 Å². The number of hydrogen-bond donors (Lipinski definition) is 0. The predicted molar refractivity (Wildman–Crippen MR) is 87.4 cm³/mol. The van der Waals surface area contributed by atoms with Gasteiger partial charge in [-0.1, -0.05) is 42.4 Å². The summed E-state index contributed by atoms with van der Waals surface area (Å²) < 4.78 is 0. The average Bonchev–Trinajstić information content (AvgIpc) is 3.31. The standard InChI is InChI=1S/C17H24N4O/c1-4-15(19-20-18)14-12-17(14,13-10-8-7-9-11-13)16(22)21(5-2)6-3/h7-11,14-15H,4-6,12H2,1-3H3/t14-,15?,17+/m1/s1. The lowest BCUT2D eigenvalue weighted by molar-refractivity contribution is -0.134. The molecular weight excluding hydrogens is 276 g/mol. The Kier molecular flexibility index (Phi) is 5.09. The predicted octanol–water partition coefficient (Wildman–Crippen LogP) is 3.90. The van der Waals surface area contributed by atoms with Crippen LogP contribution in [0.5, 0.6) is 0 Å². The third-order valence-corrected chi connectivity index (χ3v) is 4.82. The first-order valence-corrected chi connectivity index (χ1v) is 8.04. The van der Waals surface area contributed by atoms with Gasteiger partial charge in [0, 0.05) is 24.0 Å². The number of amides is 1. The fraction of sp³-hybridized carbons (Fsp3) is 0.588. The molecule has 118 valence electrons. The molecule has 0 heterocycles. The van der Waals surface area contributed by atoms with Gasteiger partial charge in [-0.3, -0.25) is 4.79 Å². The summed E-state index contributed by atoms with van der Waals surface area (Å²) in [6.07, 6.45) is 1.53. The molecule has 1 aromatic rings. The van der Waals surface area contributed by atoms with Crippen LogP contribution >= 0.6 is 0 Å². The molecule has 0 bridgehead atoms. The minimum Gasteiger partial charge on any atom is -0.342 e. The van der Waals surface area contributed by atoms with E-state index in [0.29, 0.717) is 13.1 Å². The van der Waals surface area contributed by atoms with Crippen LogP contribution in [0.3, 0.4) is 0 Å². The molecule has 0 aromatic heterocycles. The summed E-state index contributed by atoms with van der Waals surface area (Å²) in [5.41, 5.74) is 9.32. The Morgan fingerprint density at radius 3 is 2.50 bits per heavy atom. The molecule has 1 amide bonds. The number of hydrogen-bond acceptors (Lipinski definition) is 2. The smallest absolute Gasteiger partial charge is 0.233 e. The highest BCUT2D eigenvalue weighted by Crippen LogP contribution is 2.58. The molecule has 1 aromatic carbocycles. The first kappa shape index (κ1) is 16.4. The summed E-state index contributed by atoms with van der Waals surface area (Å²) in [5.74, 6) is 0.268. The molecule has 2 rings (SSSR count). The fourth-order valence-electron chi connectivity index (χ4n) is 3.50. The lowest BCUT2D eigenvalue weighted by Gasteiger charge is -2.27. The Labute approximate surface area is 131 Å². The Hall–Kier alpha value is -2.00. The Morgan fingerprint density at radius 1 is 1.36 bits per heavy atom. The van der Waals surface area contributed by atoms with E-state index < -0.39 is 5.41 Å². The van der Waals surface area contributed by atoms with Crippen molar-refractivity contribution in [1.29, 1.82) is 0 Å². The first-order valence-electron chi connectivity index (χ1n) is 8.04. The summed E-state index contributed by atoms with van der Waals surface area (Å²) in [6.45, 7) is 7.42. The summed E-state index contributed by atoms with van der Waals surface area (Å²) in [5, 5.41) is 3.93. The topological polar surface area (TPSA) is 69.1 Å². The van der Waals surface area contributed by atoms with E-state index in [-0.39, 0.29) is 17.9 Å². The fourth-order valence-corrected chi connectivity index (χ4v) is 3.50. The number of nitrogens with zero attached hydrogens (tertiary/aromatic N) is 4. The zero-order valence-electron chi connectivity index (χ0n) is 13.6. The van der Waals surface area contributed by atoms with E-state index in [2.05, 4.69) is 10.0 Å². The number of rotatable bonds is 7. The van der Waals surface area contributed by atoms with Gasteiger partial charge in [-0.05, 0) is 43.7 Å². The van der Waals surface area contributed by atoms with Gasteiger partial charge in [0.05, 0.1) is 5.41 Å². The lowest BCUT2D eigenvalue weighted by atomic mass is 9.88. The molecule has 1 unspecified atom stereocenters. The van der Waals surface area contributed by atoms with Crippen molar-refractivity contribution < 1.29 is 4.79 Å². The maximum Gasteiger partial charge on any atom is 0.233 e. The van der Waals surface area contributed by atoms with Crippen molar-refractivity contribution in [2.45, 2.75) is 45.1 Å². The molecule has 0 aliphatic heterocycles. The molecule has 0 N–H and O–H groups in total. The summed E-state index contributed by atoms with van der Waals surface area (Å²) in [4.78, 5) is 18.0. The van der Waals surface area contributed by atoms with Crippen LogP contribution in [-0.4, -0.2) is 29.9 Å². The van der Waals surface area contributed by atoms with Crippen LogP contribution in [0.1, 0.15) is 39.2 Å². The molecule has 1 fully saturated rings. The van der Waals surface area contributed by atoms with Crippen LogP contribution in [-0.2, 0) is 10.2 Å². The third kappa shape index (κ3) is 2.69. The maximum atomic E-state index is 13.1. The van der Waals surface area contributed by atoms with Gasteiger partial charge in [-0.15, -0.1) is 0 Å². The summed E-state index contributed by atoms with van der Waals surface area (Å²) >= 11 is 0. The maximum absolute atomic E-state index is 13.1. The van der Waals surface area contributed by atoms with E-state index in [1.165, 1.54) is 0 Å². The average molecular weight is 300 g/mol. The Morgan fingerprint density at radius 2 is 2.00 bits per heavy atom. The molecule has 1 aliphatic carbocycles. The van der Waals surface area contributed by atoms with Crippen molar-refractivity contribution in [3.05, 3.63) is 46.3 Å². The number of benzene rings is 1. The van der Waals surface area contributed by atoms with Gasteiger partial charge in [0.1, 0.15) is 0 Å². The number of carbonyl (C=O) groups is 1. The number of likely N-dealkylation sites (N-methyl/N-ethyl adjacent to an activating group) is 1. The van der Waals surface area contributed by atoms with Crippen LogP contribution in [0.15, 0.2) is 35.4 Å². The first-order chi connectivity index (χ1) is 10.6. The molecular formula is C17H24N4O. The van der Waals surface area contributed by atoms with E-state index in [9.17, 15) is 4.79 Å². The second-order valence-corrected chi connectivity index (χ2v) is 5.81. The second kappa shape index (κ2) is 6.84. The normalized spacial score (nSPS) is 24.2. The van der Waals surface area contributed by atoms with Crippen molar-refractivity contribution in [3.63, 3.8) is 0 Å². The SMILES string of the molecule is CCC(N=[N+]=[N-])[C@H]1C[C@]1(C(=O)N(CC)CC)c1ccccc1. The Balaban J connectivity index is 2.41. The van der Waals surface area contributed by atoms with Crippen molar-refractivity contribution >= 4 is 5.91 Å². The molecule has 5 heteroatoms. The minimum absolute atomic E-state index is 0.101. The highest BCUT2D eigenvalue weighted by atomic mass is 16.2. The van der Waals surface area contributed by atoms with Gasteiger partial charge < -0.3 is 4.90 Å². The third-order valence-electron chi connectivity index (χ3n) is 4.82. The van der Waals surface area contributed by atoms with E-state index in [1.54, 1.807) is 0 Å². The van der Waals surface area contributed by atoms with Gasteiger partial charge in [0.25, 0.3) is 0 Å². The number of carbonyl (C=O) groups excluding carboxylic acids is 1. The van der Waals surface area contributed by atoms with Crippen LogP contribution in [0.4, 0.5) is 0 Å². The molecule has 5 nitrogen and oxygen atoms in total. The van der Waals surface area contributed by atoms with E-state index in [4.69, 9.17) is 5.53 Å². The van der Waals surface area contributed by atoms with E-state index in [0.717, 1.165) is 18.4 Å². The molecule has 0 saturated heterocycles. The highest BCUT2D eigenvalue weighted by molar-refractivity contribution is 5.92. The van der Waals surface area contributed by atoms with Crippen molar-refractivity contribution in [2.75, 3.05) is 13.1 Å². The van der Waals surface area contributed by atoms with Gasteiger partial charge in [-0.25, -0.2) is 0 Å².